The molecule has 1 aromatic rings. The monoisotopic (exact) mass is 277 g/mol. The van der Waals surface area contributed by atoms with Crippen LogP contribution in [0.2, 0.25) is 0 Å². The number of sulfonamides is 1. The van der Waals surface area contributed by atoms with Crippen molar-refractivity contribution in [2.45, 2.75) is 38.0 Å². The van der Waals surface area contributed by atoms with E-state index in [-0.39, 0.29) is 16.2 Å². The van der Waals surface area contributed by atoms with Crippen LogP contribution in [0, 0.1) is 12.3 Å². The van der Waals surface area contributed by atoms with Gasteiger partial charge in [0.15, 0.2) is 0 Å². The fourth-order valence-corrected chi connectivity index (χ4v) is 3.49. The van der Waals surface area contributed by atoms with Crippen molar-refractivity contribution in [2.24, 2.45) is 5.41 Å². The van der Waals surface area contributed by atoms with E-state index in [4.69, 9.17) is 0 Å². The molecule has 0 bridgehead atoms. The quantitative estimate of drug-likeness (QED) is 0.881. The Bertz CT molecular complexity index is 471. The molecule has 0 saturated heterocycles. The van der Waals surface area contributed by atoms with E-state index in [9.17, 15) is 13.5 Å². The molecule has 0 spiro atoms. The van der Waals surface area contributed by atoms with Gasteiger partial charge in [0.25, 0.3) is 0 Å². The summed E-state index contributed by atoms with van der Waals surface area (Å²) in [7, 11) is -3.49. The lowest BCUT2D eigenvalue weighted by molar-refractivity contribution is 0.0677. The van der Waals surface area contributed by atoms with E-state index >= 15 is 0 Å². The first kappa shape index (κ1) is 14.6. The molecule has 6 heteroatoms. The van der Waals surface area contributed by atoms with Crippen LogP contribution in [0.1, 0.15) is 25.6 Å². The second-order valence-electron chi connectivity index (χ2n) is 5.10. The van der Waals surface area contributed by atoms with Crippen LogP contribution in [-0.2, 0) is 10.0 Å². The molecule has 0 fully saturated rings. The van der Waals surface area contributed by atoms with E-state index in [1.54, 1.807) is 12.1 Å². The van der Waals surface area contributed by atoms with Crippen molar-refractivity contribution >= 4 is 21.4 Å². The van der Waals surface area contributed by atoms with E-state index in [1.807, 2.05) is 27.7 Å². The molecule has 0 aromatic carbocycles. The summed E-state index contributed by atoms with van der Waals surface area (Å²) in [5, 5.41) is 9.78. The first-order valence-corrected chi connectivity index (χ1v) is 7.67. The van der Waals surface area contributed by atoms with Gasteiger partial charge in [-0.15, -0.1) is 11.3 Å². The van der Waals surface area contributed by atoms with Gasteiger partial charge in [-0.3, -0.25) is 0 Å². The van der Waals surface area contributed by atoms with Gasteiger partial charge in [0.2, 0.25) is 10.0 Å². The summed E-state index contributed by atoms with van der Waals surface area (Å²) in [5.74, 6) is 0. The van der Waals surface area contributed by atoms with Gasteiger partial charge < -0.3 is 5.11 Å². The third-order valence-corrected chi connectivity index (χ3v) is 5.36. The minimum absolute atomic E-state index is 0.0305. The molecule has 4 nitrogen and oxygen atoms in total. The van der Waals surface area contributed by atoms with Crippen molar-refractivity contribution in [2.75, 3.05) is 6.54 Å². The second kappa shape index (κ2) is 5.06. The van der Waals surface area contributed by atoms with E-state index in [1.165, 1.54) is 11.3 Å². The Morgan fingerprint density at radius 1 is 1.41 bits per heavy atom. The lowest BCUT2D eigenvalue weighted by Gasteiger charge is -2.25. The summed E-state index contributed by atoms with van der Waals surface area (Å²) in [4.78, 5) is 0.946. The maximum absolute atomic E-state index is 11.9. The summed E-state index contributed by atoms with van der Waals surface area (Å²) in [5.41, 5.74) is -0.339. The smallest absolute Gasteiger partial charge is 0.250 e. The van der Waals surface area contributed by atoms with Gasteiger partial charge in [-0.25, -0.2) is 13.1 Å². The normalized spacial score (nSPS) is 14.9. The van der Waals surface area contributed by atoms with Crippen LogP contribution in [0.4, 0.5) is 0 Å². The van der Waals surface area contributed by atoms with Crippen molar-refractivity contribution in [3.63, 3.8) is 0 Å². The van der Waals surface area contributed by atoms with Crippen LogP contribution < -0.4 is 4.72 Å². The van der Waals surface area contributed by atoms with E-state index in [0.717, 1.165) is 4.88 Å². The highest BCUT2D eigenvalue weighted by Crippen LogP contribution is 2.22. The molecule has 1 unspecified atom stereocenters. The van der Waals surface area contributed by atoms with Crippen molar-refractivity contribution in [1.82, 2.24) is 4.72 Å². The zero-order valence-corrected chi connectivity index (χ0v) is 12.2. The Hall–Kier alpha value is -0.430. The molecular weight excluding hydrogens is 258 g/mol. The molecule has 1 heterocycles. The maximum Gasteiger partial charge on any atom is 0.250 e. The fourth-order valence-electron chi connectivity index (χ4n) is 1.12. The van der Waals surface area contributed by atoms with Gasteiger partial charge in [-0.1, -0.05) is 20.8 Å². The summed E-state index contributed by atoms with van der Waals surface area (Å²) >= 11 is 1.22. The summed E-state index contributed by atoms with van der Waals surface area (Å²) < 4.78 is 26.4. The number of thiophene rings is 1. The Morgan fingerprint density at radius 3 is 2.41 bits per heavy atom. The Labute approximate surface area is 107 Å². The molecule has 0 aliphatic rings. The first-order valence-electron chi connectivity index (χ1n) is 5.37. The average molecular weight is 277 g/mol. The molecule has 0 radical (unpaired) electrons. The van der Waals surface area contributed by atoms with Crippen LogP contribution in [0.3, 0.4) is 0 Å². The lowest BCUT2D eigenvalue weighted by Crippen LogP contribution is -2.38. The predicted octanol–water partition coefficient (Wildman–Crippen LogP) is 1.74. The highest BCUT2D eigenvalue weighted by Gasteiger charge is 2.24. The zero-order chi connectivity index (χ0) is 13.3. The van der Waals surface area contributed by atoms with E-state index < -0.39 is 16.1 Å². The second-order valence-corrected chi connectivity index (χ2v) is 8.38. The minimum Gasteiger partial charge on any atom is -0.391 e. The number of nitrogens with one attached hydrogen (secondary N) is 1. The standard InChI is InChI=1S/C11H19NO3S2/c1-8-5-6-10(16-8)17(14,15)12-7-9(13)11(2,3)4/h5-6,9,12-13H,7H2,1-4H3. The number of aliphatic hydroxyl groups is 1. The van der Waals surface area contributed by atoms with E-state index in [0.29, 0.717) is 0 Å². The lowest BCUT2D eigenvalue weighted by atomic mass is 9.89. The van der Waals surface area contributed by atoms with Gasteiger partial charge in [0.1, 0.15) is 4.21 Å². The van der Waals surface area contributed by atoms with Gasteiger partial charge in [0, 0.05) is 11.4 Å². The zero-order valence-electron chi connectivity index (χ0n) is 10.5. The molecule has 1 aromatic heterocycles. The molecule has 17 heavy (non-hydrogen) atoms. The number of hydrogen-bond acceptors (Lipinski definition) is 4. The van der Waals surface area contributed by atoms with Crippen LogP contribution in [0.15, 0.2) is 16.3 Å². The third-order valence-electron chi connectivity index (χ3n) is 2.45. The van der Waals surface area contributed by atoms with Gasteiger partial charge >= 0.3 is 0 Å². The Kier molecular flexibility index (Phi) is 4.35. The number of aliphatic hydroxyl groups excluding tert-OH is 1. The largest absolute Gasteiger partial charge is 0.391 e. The van der Waals surface area contributed by atoms with E-state index in [2.05, 4.69) is 4.72 Å². The highest BCUT2D eigenvalue weighted by molar-refractivity contribution is 7.91. The van der Waals surface area contributed by atoms with Crippen molar-refractivity contribution in [3.05, 3.63) is 17.0 Å². The fraction of sp³-hybridized carbons (Fsp3) is 0.636. The van der Waals surface area contributed by atoms with Gasteiger partial charge in [-0.2, -0.15) is 0 Å². The van der Waals surface area contributed by atoms with Crippen molar-refractivity contribution < 1.29 is 13.5 Å². The average Bonchev–Trinajstić information content (AvgIpc) is 2.60. The van der Waals surface area contributed by atoms with Gasteiger partial charge in [0.05, 0.1) is 6.10 Å². The highest BCUT2D eigenvalue weighted by atomic mass is 32.2. The third kappa shape index (κ3) is 4.06. The number of aryl methyl sites for hydroxylation is 1. The molecule has 2 N–H and O–H groups in total. The molecule has 0 aliphatic heterocycles. The summed E-state index contributed by atoms with van der Waals surface area (Å²) in [6, 6.07) is 3.34. The van der Waals surface area contributed by atoms with Crippen LogP contribution in [0.25, 0.3) is 0 Å². The predicted molar refractivity (Wildman–Crippen MR) is 69.7 cm³/mol. The molecular formula is C11H19NO3S2. The minimum atomic E-state index is -3.49. The molecule has 1 atom stereocenters. The number of rotatable bonds is 4. The van der Waals surface area contributed by atoms with Crippen molar-refractivity contribution in [3.8, 4) is 0 Å². The molecule has 1 rings (SSSR count). The molecule has 0 aliphatic carbocycles. The van der Waals surface area contributed by atoms with Crippen molar-refractivity contribution in [1.29, 1.82) is 0 Å². The van der Waals surface area contributed by atoms with Crippen LogP contribution >= 0.6 is 11.3 Å². The maximum atomic E-state index is 11.9. The molecule has 0 saturated carbocycles. The SMILES string of the molecule is Cc1ccc(S(=O)(=O)NCC(O)C(C)(C)C)s1. The first-order chi connectivity index (χ1) is 7.63. The molecule has 98 valence electrons. The molecule has 0 amide bonds. The number of hydrogen-bond donors (Lipinski definition) is 2. The van der Waals surface area contributed by atoms with Gasteiger partial charge in [-0.05, 0) is 24.5 Å². The van der Waals surface area contributed by atoms with Crippen LogP contribution in [-0.4, -0.2) is 26.2 Å². The summed E-state index contributed by atoms with van der Waals surface area (Å²) in [6.07, 6.45) is -0.710. The Morgan fingerprint density at radius 2 is 2.00 bits per heavy atom. The van der Waals surface area contributed by atoms with Crippen LogP contribution in [0.5, 0.6) is 0 Å². The topological polar surface area (TPSA) is 66.4 Å². The Balaban J connectivity index is 2.69. The summed E-state index contributed by atoms with van der Waals surface area (Å²) in [6.45, 7) is 7.47.